The number of benzene rings is 1. The van der Waals surface area contributed by atoms with Gasteiger partial charge in [-0.2, -0.15) is 0 Å². The number of aromatic nitrogens is 2. The normalized spacial score (nSPS) is 25.0. The molecule has 1 aliphatic carbocycles. The van der Waals surface area contributed by atoms with E-state index in [0.29, 0.717) is 22.6 Å². The SMILES string of the molecule is C[C@@H]1[C@H](C)CCC[C@@H]1NC(=O)c1nc(-c2ccc(Cl)cc2)n2c1CCCCC2. The van der Waals surface area contributed by atoms with E-state index in [2.05, 4.69) is 23.7 Å². The third-order valence-corrected chi connectivity index (χ3v) is 6.96. The maximum atomic E-state index is 13.2. The Morgan fingerprint density at radius 3 is 2.68 bits per heavy atom. The smallest absolute Gasteiger partial charge is 0.272 e. The predicted molar refractivity (Wildman–Crippen MR) is 114 cm³/mol. The van der Waals surface area contributed by atoms with Crippen LogP contribution in [0.2, 0.25) is 5.02 Å². The average Bonchev–Trinajstić information content (AvgIpc) is 2.88. The predicted octanol–water partition coefficient (Wildman–Crippen LogP) is 5.48. The Morgan fingerprint density at radius 1 is 1.11 bits per heavy atom. The van der Waals surface area contributed by atoms with Crippen LogP contribution in [0.5, 0.6) is 0 Å². The van der Waals surface area contributed by atoms with Crippen LogP contribution in [0, 0.1) is 11.8 Å². The summed E-state index contributed by atoms with van der Waals surface area (Å²) in [5.74, 6) is 2.05. The van der Waals surface area contributed by atoms with Crippen molar-refractivity contribution >= 4 is 17.5 Å². The van der Waals surface area contributed by atoms with Gasteiger partial charge in [-0.15, -0.1) is 0 Å². The zero-order valence-corrected chi connectivity index (χ0v) is 17.6. The molecule has 1 saturated carbocycles. The number of imidazole rings is 1. The fraction of sp³-hybridized carbons (Fsp3) is 0.565. The van der Waals surface area contributed by atoms with Crippen molar-refractivity contribution in [3.8, 4) is 11.4 Å². The minimum absolute atomic E-state index is 0.00295. The quantitative estimate of drug-likeness (QED) is 0.742. The molecule has 2 aromatic rings. The van der Waals surface area contributed by atoms with Crippen LogP contribution in [0.3, 0.4) is 0 Å². The average molecular weight is 400 g/mol. The van der Waals surface area contributed by atoms with Gasteiger partial charge < -0.3 is 9.88 Å². The van der Waals surface area contributed by atoms with Crippen molar-refractivity contribution in [1.82, 2.24) is 14.9 Å². The topological polar surface area (TPSA) is 46.9 Å². The van der Waals surface area contributed by atoms with Gasteiger partial charge in [0, 0.05) is 23.2 Å². The molecule has 0 unspecified atom stereocenters. The molecule has 1 aromatic carbocycles. The standard InChI is InChI=1S/C23H30ClN3O/c1-15-7-6-8-19(16(15)2)25-23(28)21-20-9-4-3-5-14-27(20)22(26-21)17-10-12-18(24)13-11-17/h10-13,15-16,19H,3-9,14H2,1-2H3,(H,25,28)/t15-,16-,19+/m1/s1. The van der Waals surface area contributed by atoms with Gasteiger partial charge in [0.2, 0.25) is 0 Å². The summed E-state index contributed by atoms with van der Waals surface area (Å²) in [5.41, 5.74) is 2.74. The molecule has 4 nitrogen and oxygen atoms in total. The van der Waals surface area contributed by atoms with Crippen molar-refractivity contribution in [2.24, 2.45) is 11.8 Å². The number of nitrogens with zero attached hydrogens (tertiary/aromatic N) is 2. The van der Waals surface area contributed by atoms with Gasteiger partial charge >= 0.3 is 0 Å². The van der Waals surface area contributed by atoms with Crippen LogP contribution in [0.4, 0.5) is 0 Å². The number of halogens is 1. The van der Waals surface area contributed by atoms with E-state index in [9.17, 15) is 4.79 Å². The highest BCUT2D eigenvalue weighted by Gasteiger charge is 2.31. The number of rotatable bonds is 3. The number of amides is 1. The monoisotopic (exact) mass is 399 g/mol. The van der Waals surface area contributed by atoms with Crippen molar-refractivity contribution in [3.63, 3.8) is 0 Å². The van der Waals surface area contributed by atoms with Gasteiger partial charge in [-0.1, -0.05) is 44.7 Å². The van der Waals surface area contributed by atoms with E-state index in [1.807, 2.05) is 24.3 Å². The summed E-state index contributed by atoms with van der Waals surface area (Å²) >= 11 is 6.07. The van der Waals surface area contributed by atoms with Crippen molar-refractivity contribution in [1.29, 1.82) is 0 Å². The lowest BCUT2D eigenvalue weighted by atomic mass is 9.78. The molecule has 5 heteroatoms. The van der Waals surface area contributed by atoms with Crippen LogP contribution in [-0.2, 0) is 13.0 Å². The van der Waals surface area contributed by atoms with Gasteiger partial charge in [0.25, 0.3) is 5.91 Å². The molecule has 2 heterocycles. The fourth-order valence-electron chi connectivity index (χ4n) is 4.74. The van der Waals surface area contributed by atoms with E-state index in [1.165, 1.54) is 19.3 Å². The van der Waals surface area contributed by atoms with Crippen LogP contribution in [0.15, 0.2) is 24.3 Å². The molecule has 0 radical (unpaired) electrons. The molecule has 1 N–H and O–H groups in total. The summed E-state index contributed by atoms with van der Waals surface area (Å²) in [7, 11) is 0. The lowest BCUT2D eigenvalue weighted by Crippen LogP contribution is -2.44. The summed E-state index contributed by atoms with van der Waals surface area (Å²) in [6, 6.07) is 8.02. The molecule has 1 fully saturated rings. The summed E-state index contributed by atoms with van der Waals surface area (Å²) in [6.45, 7) is 5.48. The van der Waals surface area contributed by atoms with E-state index in [4.69, 9.17) is 16.6 Å². The molecule has 28 heavy (non-hydrogen) atoms. The molecular weight excluding hydrogens is 370 g/mol. The van der Waals surface area contributed by atoms with Crippen molar-refractivity contribution in [2.75, 3.05) is 0 Å². The molecule has 1 aromatic heterocycles. The Labute approximate surface area is 172 Å². The Balaban J connectivity index is 1.66. The van der Waals surface area contributed by atoms with E-state index in [-0.39, 0.29) is 11.9 Å². The van der Waals surface area contributed by atoms with Crippen LogP contribution < -0.4 is 5.32 Å². The molecule has 0 spiro atoms. The number of fused-ring (bicyclic) bond motifs is 1. The van der Waals surface area contributed by atoms with Crippen molar-refractivity contribution in [2.45, 2.75) is 71.4 Å². The first-order chi connectivity index (χ1) is 13.5. The van der Waals surface area contributed by atoms with E-state index in [1.54, 1.807) is 0 Å². The minimum Gasteiger partial charge on any atom is -0.348 e. The highest BCUT2D eigenvalue weighted by atomic mass is 35.5. The first-order valence-electron chi connectivity index (χ1n) is 10.7. The maximum Gasteiger partial charge on any atom is 0.272 e. The Morgan fingerprint density at radius 2 is 1.89 bits per heavy atom. The zero-order chi connectivity index (χ0) is 19.7. The number of carbonyl (C=O) groups is 1. The first kappa shape index (κ1) is 19.5. The molecule has 150 valence electrons. The van der Waals surface area contributed by atoms with Gasteiger partial charge in [0.05, 0.1) is 5.69 Å². The molecule has 0 saturated heterocycles. The van der Waals surface area contributed by atoms with Gasteiger partial charge in [-0.25, -0.2) is 4.98 Å². The Hall–Kier alpha value is -1.81. The second-order valence-corrected chi connectivity index (χ2v) is 8.98. The van der Waals surface area contributed by atoms with Gasteiger partial charge in [0.15, 0.2) is 0 Å². The van der Waals surface area contributed by atoms with Crippen LogP contribution in [-0.4, -0.2) is 21.5 Å². The number of carbonyl (C=O) groups excluding carboxylic acids is 1. The van der Waals surface area contributed by atoms with Gasteiger partial charge in [0.1, 0.15) is 11.5 Å². The number of nitrogens with one attached hydrogen (secondary N) is 1. The maximum absolute atomic E-state index is 13.2. The first-order valence-corrected chi connectivity index (χ1v) is 11.1. The van der Waals surface area contributed by atoms with E-state index >= 15 is 0 Å². The summed E-state index contributed by atoms with van der Waals surface area (Å²) in [4.78, 5) is 18.1. The summed E-state index contributed by atoms with van der Waals surface area (Å²) in [5, 5.41) is 4.04. The number of hydrogen-bond donors (Lipinski definition) is 1. The van der Waals surface area contributed by atoms with E-state index < -0.39 is 0 Å². The molecule has 1 aliphatic heterocycles. The van der Waals surface area contributed by atoms with Crippen molar-refractivity contribution < 1.29 is 4.79 Å². The van der Waals surface area contributed by atoms with Gasteiger partial charge in [-0.05, 0) is 61.8 Å². The zero-order valence-electron chi connectivity index (χ0n) is 16.9. The molecule has 0 bridgehead atoms. The highest BCUT2D eigenvalue weighted by Crippen LogP contribution is 2.31. The lowest BCUT2D eigenvalue weighted by Gasteiger charge is -2.34. The molecule has 1 amide bonds. The highest BCUT2D eigenvalue weighted by molar-refractivity contribution is 6.30. The summed E-state index contributed by atoms with van der Waals surface area (Å²) < 4.78 is 2.26. The molecular formula is C23H30ClN3O. The Bertz CT molecular complexity index is 842. The van der Waals surface area contributed by atoms with E-state index in [0.717, 1.165) is 49.3 Å². The lowest BCUT2D eigenvalue weighted by molar-refractivity contribution is 0.0885. The van der Waals surface area contributed by atoms with Crippen LogP contribution in [0.1, 0.15) is 68.6 Å². The molecule has 4 rings (SSSR count). The third-order valence-electron chi connectivity index (χ3n) is 6.71. The second-order valence-electron chi connectivity index (χ2n) is 8.55. The third kappa shape index (κ3) is 3.84. The largest absolute Gasteiger partial charge is 0.348 e. The second kappa shape index (κ2) is 8.28. The minimum atomic E-state index is -0.00295. The molecule has 3 atom stereocenters. The fourth-order valence-corrected chi connectivity index (χ4v) is 4.87. The Kier molecular flexibility index (Phi) is 5.77. The summed E-state index contributed by atoms with van der Waals surface area (Å²) in [6.07, 6.45) is 7.87. The van der Waals surface area contributed by atoms with Crippen LogP contribution >= 0.6 is 11.6 Å². The molecule has 2 aliphatic rings. The number of hydrogen-bond acceptors (Lipinski definition) is 2. The van der Waals surface area contributed by atoms with Crippen molar-refractivity contribution in [3.05, 3.63) is 40.7 Å². The van der Waals surface area contributed by atoms with Gasteiger partial charge in [-0.3, -0.25) is 4.79 Å². The van der Waals surface area contributed by atoms with Crippen LogP contribution in [0.25, 0.3) is 11.4 Å².